The summed E-state index contributed by atoms with van der Waals surface area (Å²) in [5, 5.41) is 9.31. The van der Waals surface area contributed by atoms with Crippen LogP contribution in [0, 0.1) is 5.82 Å². The van der Waals surface area contributed by atoms with Gasteiger partial charge in [-0.05, 0) is 42.3 Å². The highest BCUT2D eigenvalue weighted by Crippen LogP contribution is 2.35. The van der Waals surface area contributed by atoms with E-state index in [2.05, 4.69) is 25.5 Å². The summed E-state index contributed by atoms with van der Waals surface area (Å²) in [6, 6.07) is 12.5. The Morgan fingerprint density at radius 3 is 2.57 bits per heavy atom. The molecule has 0 aliphatic rings. The molecule has 3 rings (SSSR count). The number of aryl methyl sites for hydroxylation is 1. The number of hydrogen-bond donors (Lipinski definition) is 5. The van der Waals surface area contributed by atoms with E-state index in [1.54, 1.807) is 25.4 Å². The molecule has 0 saturated heterocycles. The van der Waals surface area contributed by atoms with Crippen LogP contribution < -0.4 is 16.0 Å². The summed E-state index contributed by atoms with van der Waals surface area (Å²) in [5.41, 5.74) is 0.491. The molecule has 13 nitrogen and oxygen atoms in total. The van der Waals surface area contributed by atoms with Crippen molar-refractivity contribution in [2.75, 3.05) is 38.7 Å². The standard InChI is InChI=1S/C28H34ClFN5O8P/c1-35(25(36)12-11-19-8-4-10-23(30)26(19)29)22(9-5-13-31-27(37)32-14-15-43-44(39,40)41)18-42-28(38)34-24-16-20-6-2-3-7-21(20)17-33-24/h2-4,6-8,10,16-17,22H,5,9,11-15,18H2,1H3,(H2,31,32,37)(H,33,34,38)(H2,39,40,41)/t22-/m0/s1. The molecule has 16 heteroatoms. The SMILES string of the molecule is CN(C(=O)CCc1cccc(F)c1Cl)[C@@H](CCCNC(=O)NCCOP(=O)(O)O)COC(=O)Nc1cc2ccccc2cn1. The molecule has 5 N–H and O–H groups in total. The predicted molar refractivity (Wildman–Crippen MR) is 162 cm³/mol. The van der Waals surface area contributed by atoms with Gasteiger partial charge in [-0.1, -0.05) is 48.0 Å². The number of hydrogen-bond acceptors (Lipinski definition) is 7. The maximum atomic E-state index is 13.8. The Balaban J connectivity index is 1.54. The van der Waals surface area contributed by atoms with Gasteiger partial charge in [-0.15, -0.1) is 0 Å². The summed E-state index contributed by atoms with van der Waals surface area (Å²) in [6.07, 6.45) is 1.82. The van der Waals surface area contributed by atoms with E-state index in [9.17, 15) is 23.3 Å². The van der Waals surface area contributed by atoms with Gasteiger partial charge in [0, 0.05) is 38.1 Å². The summed E-state index contributed by atoms with van der Waals surface area (Å²) in [5.74, 6) is -0.566. The van der Waals surface area contributed by atoms with E-state index >= 15 is 0 Å². The number of aromatic nitrogens is 1. The normalized spacial score (nSPS) is 11.9. The van der Waals surface area contributed by atoms with Crippen molar-refractivity contribution in [2.24, 2.45) is 0 Å². The van der Waals surface area contributed by atoms with Crippen molar-refractivity contribution in [1.82, 2.24) is 20.5 Å². The van der Waals surface area contributed by atoms with Crippen LogP contribution in [0.15, 0.2) is 54.7 Å². The van der Waals surface area contributed by atoms with E-state index < -0.39 is 31.8 Å². The van der Waals surface area contributed by atoms with Crippen LogP contribution in [0.2, 0.25) is 5.02 Å². The Bertz CT molecular complexity index is 1490. The van der Waals surface area contributed by atoms with Gasteiger partial charge in [0.1, 0.15) is 18.2 Å². The molecule has 2 aromatic carbocycles. The molecule has 0 spiro atoms. The number of nitrogens with one attached hydrogen (secondary N) is 3. The Hall–Kier alpha value is -3.81. The first-order valence-corrected chi connectivity index (χ1v) is 15.5. The monoisotopic (exact) mass is 653 g/mol. The molecule has 0 unspecified atom stereocenters. The predicted octanol–water partition coefficient (Wildman–Crippen LogP) is 4.22. The lowest BCUT2D eigenvalue weighted by molar-refractivity contribution is -0.132. The van der Waals surface area contributed by atoms with Crippen LogP contribution in [0.5, 0.6) is 0 Å². The second-order valence-corrected chi connectivity index (χ2v) is 11.3. The third-order valence-corrected chi connectivity index (χ3v) is 7.44. The van der Waals surface area contributed by atoms with Gasteiger partial charge in [0.15, 0.2) is 0 Å². The maximum Gasteiger partial charge on any atom is 0.469 e. The summed E-state index contributed by atoms with van der Waals surface area (Å²) in [4.78, 5) is 60.6. The van der Waals surface area contributed by atoms with Crippen LogP contribution >= 0.6 is 19.4 Å². The van der Waals surface area contributed by atoms with Crippen molar-refractivity contribution < 1.29 is 42.4 Å². The minimum Gasteiger partial charge on any atom is -0.447 e. The van der Waals surface area contributed by atoms with Crippen molar-refractivity contribution in [3.05, 3.63) is 71.1 Å². The summed E-state index contributed by atoms with van der Waals surface area (Å²) < 4.78 is 34.2. The van der Waals surface area contributed by atoms with Crippen molar-refractivity contribution in [3.8, 4) is 0 Å². The topological polar surface area (TPSA) is 179 Å². The fraction of sp³-hybridized carbons (Fsp3) is 0.357. The first-order valence-electron chi connectivity index (χ1n) is 13.6. The van der Waals surface area contributed by atoms with Crippen LogP contribution in [0.1, 0.15) is 24.8 Å². The van der Waals surface area contributed by atoms with Gasteiger partial charge in [0.05, 0.1) is 17.7 Å². The van der Waals surface area contributed by atoms with Gasteiger partial charge < -0.3 is 30.1 Å². The summed E-state index contributed by atoms with van der Waals surface area (Å²) >= 11 is 6.02. The maximum absolute atomic E-state index is 13.8. The molecule has 0 aliphatic heterocycles. The molecule has 0 fully saturated rings. The number of halogens is 2. The zero-order chi connectivity index (χ0) is 32.1. The highest BCUT2D eigenvalue weighted by atomic mass is 35.5. The summed E-state index contributed by atoms with van der Waals surface area (Å²) in [6.45, 7) is -0.465. The number of pyridine rings is 1. The van der Waals surface area contributed by atoms with E-state index in [0.29, 0.717) is 24.2 Å². The van der Waals surface area contributed by atoms with Crippen molar-refractivity contribution in [3.63, 3.8) is 0 Å². The van der Waals surface area contributed by atoms with E-state index in [0.717, 1.165) is 10.8 Å². The number of amides is 4. The second-order valence-electron chi connectivity index (χ2n) is 9.66. The first-order chi connectivity index (χ1) is 20.9. The molecule has 0 saturated carbocycles. The van der Waals surface area contributed by atoms with Gasteiger partial charge in [-0.2, -0.15) is 0 Å². The Morgan fingerprint density at radius 1 is 1.09 bits per heavy atom. The Kier molecular flexibility index (Phi) is 13.3. The largest absolute Gasteiger partial charge is 0.469 e. The summed E-state index contributed by atoms with van der Waals surface area (Å²) in [7, 11) is -3.06. The van der Waals surface area contributed by atoms with Crippen molar-refractivity contribution in [2.45, 2.75) is 31.7 Å². The molecule has 0 aliphatic carbocycles. The molecule has 4 amide bonds. The average Bonchev–Trinajstić information content (AvgIpc) is 2.98. The van der Waals surface area contributed by atoms with Crippen LogP contribution in [-0.4, -0.2) is 77.1 Å². The number of ether oxygens (including phenoxy) is 1. The Morgan fingerprint density at radius 2 is 1.82 bits per heavy atom. The molecule has 0 bridgehead atoms. The fourth-order valence-corrected chi connectivity index (χ4v) is 4.70. The van der Waals surface area contributed by atoms with Gasteiger partial charge >= 0.3 is 19.9 Å². The lowest BCUT2D eigenvalue weighted by Crippen LogP contribution is -2.42. The molecule has 0 radical (unpaired) electrons. The molecule has 3 aromatic rings. The first kappa shape index (κ1) is 34.7. The number of likely N-dealkylation sites (N-methyl/N-ethyl adjacent to an activating group) is 1. The lowest BCUT2D eigenvalue weighted by Gasteiger charge is -2.28. The number of fused-ring (bicyclic) bond motifs is 1. The number of carbonyl (C=O) groups excluding carboxylic acids is 3. The minimum absolute atomic E-state index is 0.0285. The zero-order valence-electron chi connectivity index (χ0n) is 23.9. The van der Waals surface area contributed by atoms with E-state index in [-0.39, 0.29) is 50.1 Å². The van der Waals surface area contributed by atoms with Gasteiger partial charge in [-0.3, -0.25) is 14.6 Å². The third-order valence-electron chi connectivity index (χ3n) is 6.50. The van der Waals surface area contributed by atoms with Gasteiger partial charge in [0.2, 0.25) is 5.91 Å². The number of anilines is 1. The average molecular weight is 654 g/mol. The molecule has 44 heavy (non-hydrogen) atoms. The highest BCUT2D eigenvalue weighted by molar-refractivity contribution is 7.46. The fourth-order valence-electron chi connectivity index (χ4n) is 4.15. The van der Waals surface area contributed by atoms with Crippen molar-refractivity contribution in [1.29, 1.82) is 0 Å². The molecular formula is C28H34ClFN5O8P. The minimum atomic E-state index is -4.62. The van der Waals surface area contributed by atoms with E-state index in [1.165, 1.54) is 17.0 Å². The number of phosphoric acid groups is 1. The number of rotatable bonds is 15. The van der Waals surface area contributed by atoms with E-state index in [4.69, 9.17) is 26.1 Å². The third kappa shape index (κ3) is 11.7. The number of nitrogens with zero attached hydrogens (tertiary/aromatic N) is 2. The molecule has 1 heterocycles. The number of phosphoric ester groups is 1. The van der Waals surface area contributed by atoms with Crippen LogP contribution in [-0.2, 0) is 25.0 Å². The second kappa shape index (κ2) is 16.9. The van der Waals surface area contributed by atoms with E-state index in [1.807, 2.05) is 24.3 Å². The van der Waals surface area contributed by atoms with Crippen molar-refractivity contribution >= 4 is 54.0 Å². The quantitative estimate of drug-likeness (QED) is 0.119. The lowest BCUT2D eigenvalue weighted by atomic mass is 10.1. The van der Waals surface area contributed by atoms with Gasteiger partial charge in [0.25, 0.3) is 0 Å². The zero-order valence-corrected chi connectivity index (χ0v) is 25.5. The Labute approximate surface area is 258 Å². The highest BCUT2D eigenvalue weighted by Gasteiger charge is 2.22. The van der Waals surface area contributed by atoms with Crippen LogP contribution in [0.3, 0.4) is 0 Å². The van der Waals surface area contributed by atoms with Crippen LogP contribution in [0.25, 0.3) is 10.8 Å². The molecule has 1 atom stereocenters. The molecule has 1 aromatic heterocycles. The molecule has 238 valence electrons. The van der Waals surface area contributed by atoms with Gasteiger partial charge in [-0.25, -0.2) is 23.5 Å². The number of carbonyl (C=O) groups is 3. The smallest absolute Gasteiger partial charge is 0.447 e. The number of benzene rings is 2. The van der Waals surface area contributed by atoms with Crippen LogP contribution in [0.4, 0.5) is 19.8 Å². The number of urea groups is 1. The molecular weight excluding hydrogens is 620 g/mol.